The molecule has 0 radical (unpaired) electrons. The van der Waals surface area contributed by atoms with Crippen molar-refractivity contribution in [2.75, 3.05) is 5.75 Å². The van der Waals surface area contributed by atoms with Crippen LogP contribution >= 0.6 is 0 Å². The molecule has 0 saturated heterocycles. The van der Waals surface area contributed by atoms with Gasteiger partial charge in [-0.05, 0) is 12.5 Å². The third kappa shape index (κ3) is 3.21. The fraction of sp³-hybridized carbons (Fsp3) is 0.308. The molecule has 1 atom stereocenters. The highest BCUT2D eigenvalue weighted by Gasteiger charge is 2.22. The van der Waals surface area contributed by atoms with Crippen LogP contribution in [-0.2, 0) is 17.1 Å². The third-order valence-corrected chi connectivity index (χ3v) is 4.28. The quantitative estimate of drug-likeness (QED) is 0.901. The lowest BCUT2D eigenvalue weighted by Gasteiger charge is -2.18. The maximum Gasteiger partial charge on any atom is 0.212 e. The zero-order valence-electron chi connectivity index (χ0n) is 10.9. The van der Waals surface area contributed by atoms with Gasteiger partial charge in [-0.2, -0.15) is 0 Å². The lowest BCUT2D eigenvalue weighted by Crippen LogP contribution is -2.32. The Labute approximate surface area is 113 Å². The average Bonchev–Trinajstić information content (AvgIpc) is 2.83. The smallest absolute Gasteiger partial charge is 0.212 e. The molecule has 5 nitrogen and oxygen atoms in total. The fourth-order valence-electron chi connectivity index (χ4n) is 1.83. The van der Waals surface area contributed by atoms with Crippen LogP contribution in [0, 0.1) is 0 Å². The Bertz CT molecular complexity index is 635. The Morgan fingerprint density at radius 2 is 2.00 bits per heavy atom. The molecule has 2 rings (SSSR count). The first-order valence-corrected chi connectivity index (χ1v) is 7.71. The third-order valence-electron chi connectivity index (χ3n) is 2.93. The SMILES string of the molecule is CCS(=O)(=O)NC(c1ccccc1)c1nccn1C. The van der Waals surface area contributed by atoms with Gasteiger partial charge < -0.3 is 4.57 Å². The van der Waals surface area contributed by atoms with E-state index in [1.54, 1.807) is 19.3 Å². The summed E-state index contributed by atoms with van der Waals surface area (Å²) in [6, 6.07) is 8.96. The summed E-state index contributed by atoms with van der Waals surface area (Å²) in [5.41, 5.74) is 0.869. The van der Waals surface area contributed by atoms with E-state index >= 15 is 0 Å². The Morgan fingerprint density at radius 3 is 2.53 bits per heavy atom. The molecule has 1 aromatic heterocycles. The molecule has 2 aromatic rings. The molecule has 0 amide bonds. The number of sulfonamides is 1. The number of hydrogen-bond donors (Lipinski definition) is 1. The van der Waals surface area contributed by atoms with Gasteiger partial charge in [0.1, 0.15) is 11.9 Å². The number of rotatable bonds is 5. The molecular formula is C13H17N3O2S. The second-order valence-corrected chi connectivity index (χ2v) is 6.30. The van der Waals surface area contributed by atoms with Gasteiger partial charge in [0.15, 0.2) is 0 Å². The van der Waals surface area contributed by atoms with Crippen LogP contribution in [0.4, 0.5) is 0 Å². The Hall–Kier alpha value is -1.66. The molecule has 0 aliphatic rings. The zero-order valence-corrected chi connectivity index (χ0v) is 11.8. The van der Waals surface area contributed by atoms with Crippen LogP contribution in [0.3, 0.4) is 0 Å². The molecule has 1 unspecified atom stereocenters. The van der Waals surface area contributed by atoms with Gasteiger partial charge in [-0.1, -0.05) is 30.3 Å². The minimum atomic E-state index is -3.31. The number of imidazole rings is 1. The van der Waals surface area contributed by atoms with Gasteiger partial charge >= 0.3 is 0 Å². The highest BCUT2D eigenvalue weighted by Crippen LogP contribution is 2.21. The van der Waals surface area contributed by atoms with Crippen LogP contribution in [0.2, 0.25) is 0 Å². The molecule has 1 heterocycles. The van der Waals surface area contributed by atoms with Crippen LogP contribution in [0.15, 0.2) is 42.7 Å². The van der Waals surface area contributed by atoms with E-state index in [9.17, 15) is 8.42 Å². The van der Waals surface area contributed by atoms with Crippen molar-refractivity contribution in [1.29, 1.82) is 0 Å². The van der Waals surface area contributed by atoms with Gasteiger partial charge in [-0.3, -0.25) is 0 Å². The monoisotopic (exact) mass is 279 g/mol. The van der Waals surface area contributed by atoms with Crippen molar-refractivity contribution in [1.82, 2.24) is 14.3 Å². The lowest BCUT2D eigenvalue weighted by molar-refractivity contribution is 0.564. The summed E-state index contributed by atoms with van der Waals surface area (Å²) in [5, 5.41) is 0. The molecule has 6 heteroatoms. The molecule has 19 heavy (non-hydrogen) atoms. The van der Waals surface area contributed by atoms with E-state index in [-0.39, 0.29) is 5.75 Å². The highest BCUT2D eigenvalue weighted by atomic mass is 32.2. The molecule has 0 spiro atoms. The number of nitrogens with zero attached hydrogens (tertiary/aromatic N) is 2. The van der Waals surface area contributed by atoms with Crippen LogP contribution < -0.4 is 4.72 Å². The number of hydrogen-bond acceptors (Lipinski definition) is 3. The summed E-state index contributed by atoms with van der Waals surface area (Å²) in [6.45, 7) is 1.61. The second-order valence-electron chi connectivity index (χ2n) is 4.26. The molecule has 102 valence electrons. The number of aryl methyl sites for hydroxylation is 1. The number of benzene rings is 1. The lowest BCUT2D eigenvalue weighted by atomic mass is 10.1. The van der Waals surface area contributed by atoms with Crippen molar-refractivity contribution in [2.24, 2.45) is 7.05 Å². The standard InChI is InChI=1S/C13H17N3O2S/c1-3-19(17,18)15-12(11-7-5-4-6-8-11)13-14-9-10-16(13)2/h4-10,12,15H,3H2,1-2H3. The first-order chi connectivity index (χ1) is 9.03. The maximum atomic E-state index is 11.8. The number of nitrogens with one attached hydrogen (secondary N) is 1. The predicted molar refractivity (Wildman–Crippen MR) is 74.1 cm³/mol. The van der Waals surface area contributed by atoms with E-state index < -0.39 is 16.1 Å². The largest absolute Gasteiger partial charge is 0.336 e. The molecule has 0 saturated carbocycles. The average molecular weight is 279 g/mol. The van der Waals surface area contributed by atoms with Gasteiger partial charge in [0.25, 0.3) is 0 Å². The van der Waals surface area contributed by atoms with Gasteiger partial charge in [-0.25, -0.2) is 18.1 Å². The summed E-state index contributed by atoms with van der Waals surface area (Å²) in [6.07, 6.45) is 3.46. The fourth-order valence-corrected chi connectivity index (χ4v) is 2.60. The topological polar surface area (TPSA) is 64.0 Å². The molecule has 0 fully saturated rings. The van der Waals surface area contributed by atoms with E-state index in [0.29, 0.717) is 5.82 Å². The van der Waals surface area contributed by atoms with E-state index in [2.05, 4.69) is 9.71 Å². The summed E-state index contributed by atoms with van der Waals surface area (Å²) >= 11 is 0. The van der Waals surface area contributed by atoms with Gasteiger partial charge in [-0.15, -0.1) is 0 Å². The summed E-state index contributed by atoms with van der Waals surface area (Å²) in [4.78, 5) is 4.25. The number of aromatic nitrogens is 2. The first kappa shape index (κ1) is 13.8. The molecule has 0 aliphatic heterocycles. The second kappa shape index (κ2) is 5.54. The minimum absolute atomic E-state index is 0.0424. The van der Waals surface area contributed by atoms with Crippen molar-refractivity contribution in [3.8, 4) is 0 Å². The molecule has 1 N–H and O–H groups in total. The van der Waals surface area contributed by atoms with Crippen molar-refractivity contribution < 1.29 is 8.42 Å². The van der Waals surface area contributed by atoms with E-state index in [4.69, 9.17) is 0 Å². The van der Waals surface area contributed by atoms with Crippen LogP contribution in [0.5, 0.6) is 0 Å². The molecule has 0 aliphatic carbocycles. The zero-order chi connectivity index (χ0) is 13.9. The maximum absolute atomic E-state index is 11.8. The molecule has 1 aromatic carbocycles. The van der Waals surface area contributed by atoms with Gasteiger partial charge in [0.2, 0.25) is 10.0 Å². The Morgan fingerprint density at radius 1 is 1.32 bits per heavy atom. The van der Waals surface area contributed by atoms with E-state index in [1.807, 2.05) is 41.9 Å². The Kier molecular flexibility index (Phi) is 4.01. The first-order valence-electron chi connectivity index (χ1n) is 6.05. The van der Waals surface area contributed by atoms with Crippen molar-refractivity contribution in [3.05, 3.63) is 54.1 Å². The molecular weight excluding hydrogens is 262 g/mol. The predicted octanol–water partition coefficient (Wildman–Crippen LogP) is 1.45. The van der Waals surface area contributed by atoms with Crippen molar-refractivity contribution in [2.45, 2.75) is 13.0 Å². The van der Waals surface area contributed by atoms with Crippen molar-refractivity contribution in [3.63, 3.8) is 0 Å². The summed E-state index contributed by atoms with van der Waals surface area (Å²) in [7, 11) is -1.47. The van der Waals surface area contributed by atoms with Crippen LogP contribution in [-0.4, -0.2) is 23.7 Å². The minimum Gasteiger partial charge on any atom is -0.336 e. The summed E-state index contributed by atoms with van der Waals surface area (Å²) in [5.74, 6) is 0.712. The summed E-state index contributed by atoms with van der Waals surface area (Å²) < 4.78 is 28.2. The normalized spacial score (nSPS) is 13.4. The van der Waals surface area contributed by atoms with Crippen molar-refractivity contribution >= 4 is 10.0 Å². The Balaban J connectivity index is 2.43. The van der Waals surface area contributed by atoms with Gasteiger partial charge in [0, 0.05) is 19.4 Å². The van der Waals surface area contributed by atoms with E-state index in [0.717, 1.165) is 5.56 Å². The van der Waals surface area contributed by atoms with Crippen LogP contribution in [0.25, 0.3) is 0 Å². The van der Waals surface area contributed by atoms with Gasteiger partial charge in [0.05, 0.1) is 5.75 Å². The van der Waals surface area contributed by atoms with E-state index in [1.165, 1.54) is 0 Å². The van der Waals surface area contributed by atoms with Crippen LogP contribution in [0.1, 0.15) is 24.4 Å². The highest BCUT2D eigenvalue weighted by molar-refractivity contribution is 7.89. The molecule has 0 bridgehead atoms.